The SMILES string of the molecule is CCc1cc2n(CC(=O)Nc3ccc(F)cn3)c3c(c(=O)n2n1)CN(CC1CCN(C(=O)OC(C)(C)C)CC1)C3=O. The number of halogens is 1. The number of amides is 3. The number of nitrogens with one attached hydrogen (secondary N) is 1. The molecule has 12 nitrogen and oxygen atoms in total. The van der Waals surface area contributed by atoms with Crippen molar-refractivity contribution in [3.05, 3.63) is 57.5 Å². The van der Waals surface area contributed by atoms with Gasteiger partial charge in [-0.15, -0.1) is 0 Å². The Kier molecular flexibility index (Phi) is 7.54. The number of hydrogen-bond donors (Lipinski definition) is 1. The lowest BCUT2D eigenvalue weighted by molar-refractivity contribution is -0.116. The van der Waals surface area contributed by atoms with E-state index in [0.29, 0.717) is 50.2 Å². The van der Waals surface area contributed by atoms with Crippen molar-refractivity contribution in [1.82, 2.24) is 29.0 Å². The predicted octanol–water partition coefficient (Wildman–Crippen LogP) is 2.83. The first-order chi connectivity index (χ1) is 19.4. The molecule has 1 N–H and O–H groups in total. The molecule has 1 fully saturated rings. The van der Waals surface area contributed by atoms with Crippen LogP contribution in [0.15, 0.2) is 29.2 Å². The molecule has 0 saturated carbocycles. The topological polar surface area (TPSA) is 131 Å². The van der Waals surface area contributed by atoms with Crippen molar-refractivity contribution in [3.8, 4) is 0 Å². The Labute approximate surface area is 236 Å². The highest BCUT2D eigenvalue weighted by Gasteiger charge is 2.37. The van der Waals surface area contributed by atoms with Gasteiger partial charge >= 0.3 is 6.09 Å². The maximum absolute atomic E-state index is 13.7. The molecule has 5 heterocycles. The second-order valence-electron chi connectivity index (χ2n) is 11.5. The maximum Gasteiger partial charge on any atom is 0.410 e. The first-order valence-corrected chi connectivity index (χ1v) is 13.8. The number of carbonyl (C=O) groups is 3. The third-order valence-electron chi connectivity index (χ3n) is 7.27. The van der Waals surface area contributed by atoms with E-state index in [1.165, 1.54) is 21.2 Å². The second kappa shape index (κ2) is 10.9. The fourth-order valence-corrected chi connectivity index (χ4v) is 5.26. The summed E-state index contributed by atoms with van der Waals surface area (Å²) in [5.74, 6) is -1.05. The molecule has 0 aromatic carbocycles. The molecule has 2 aliphatic heterocycles. The smallest absolute Gasteiger partial charge is 0.410 e. The Balaban J connectivity index is 1.36. The van der Waals surface area contributed by atoms with Crippen LogP contribution in [-0.2, 0) is 29.0 Å². The van der Waals surface area contributed by atoms with E-state index in [0.717, 1.165) is 6.20 Å². The Bertz CT molecular complexity index is 1550. The minimum atomic E-state index is -0.572. The minimum Gasteiger partial charge on any atom is -0.444 e. The van der Waals surface area contributed by atoms with Crippen molar-refractivity contribution >= 4 is 29.4 Å². The summed E-state index contributed by atoms with van der Waals surface area (Å²) in [6.07, 6.45) is 2.61. The van der Waals surface area contributed by atoms with Crippen LogP contribution in [0.4, 0.5) is 15.0 Å². The van der Waals surface area contributed by atoms with Crippen molar-refractivity contribution in [2.24, 2.45) is 5.92 Å². The van der Waals surface area contributed by atoms with Gasteiger partial charge in [-0.2, -0.15) is 9.61 Å². The molecular weight excluding hydrogens is 533 g/mol. The van der Waals surface area contributed by atoms with E-state index in [4.69, 9.17) is 4.74 Å². The maximum atomic E-state index is 13.7. The first-order valence-electron chi connectivity index (χ1n) is 13.8. The zero-order valence-electron chi connectivity index (χ0n) is 23.6. The Morgan fingerprint density at radius 1 is 1.17 bits per heavy atom. The van der Waals surface area contributed by atoms with Gasteiger partial charge in [0.25, 0.3) is 11.5 Å². The second-order valence-corrected chi connectivity index (χ2v) is 11.5. The van der Waals surface area contributed by atoms with Gasteiger partial charge < -0.3 is 24.4 Å². The Morgan fingerprint density at radius 2 is 1.90 bits per heavy atom. The molecule has 3 aromatic heterocycles. The minimum absolute atomic E-state index is 0.109. The zero-order chi connectivity index (χ0) is 29.5. The molecule has 1 saturated heterocycles. The van der Waals surface area contributed by atoms with Crippen LogP contribution in [0.2, 0.25) is 0 Å². The zero-order valence-corrected chi connectivity index (χ0v) is 23.6. The number of carbonyl (C=O) groups excluding carboxylic acids is 3. The molecule has 0 bridgehead atoms. The fourth-order valence-electron chi connectivity index (χ4n) is 5.26. The highest BCUT2D eigenvalue weighted by Crippen LogP contribution is 2.27. The quantitative estimate of drug-likeness (QED) is 0.485. The monoisotopic (exact) mass is 567 g/mol. The van der Waals surface area contributed by atoms with Gasteiger partial charge in [0.2, 0.25) is 5.91 Å². The summed E-state index contributed by atoms with van der Waals surface area (Å²) in [4.78, 5) is 59.8. The van der Waals surface area contributed by atoms with Gasteiger partial charge in [-0.1, -0.05) is 6.92 Å². The third-order valence-corrected chi connectivity index (χ3v) is 7.27. The van der Waals surface area contributed by atoms with E-state index < -0.39 is 17.3 Å². The van der Waals surface area contributed by atoms with Gasteiger partial charge in [-0.3, -0.25) is 14.4 Å². The molecular formula is C28H34FN7O5. The van der Waals surface area contributed by atoms with Gasteiger partial charge in [-0.25, -0.2) is 14.2 Å². The third kappa shape index (κ3) is 5.93. The van der Waals surface area contributed by atoms with Gasteiger partial charge in [-0.05, 0) is 58.1 Å². The molecule has 0 aliphatic carbocycles. The number of nitrogens with zero attached hydrogens (tertiary/aromatic N) is 6. The van der Waals surface area contributed by atoms with Gasteiger partial charge in [0.15, 0.2) is 0 Å². The van der Waals surface area contributed by atoms with Gasteiger partial charge in [0.1, 0.15) is 35.1 Å². The summed E-state index contributed by atoms with van der Waals surface area (Å²) in [6, 6.07) is 4.23. The lowest BCUT2D eigenvalue weighted by Crippen LogP contribution is -2.43. The molecule has 2 aliphatic rings. The van der Waals surface area contributed by atoms with Crippen molar-refractivity contribution in [3.63, 3.8) is 0 Å². The predicted molar refractivity (Wildman–Crippen MR) is 147 cm³/mol. The number of ether oxygens (including phenoxy) is 1. The molecule has 0 unspecified atom stereocenters. The van der Waals surface area contributed by atoms with Crippen molar-refractivity contribution in [2.45, 2.75) is 65.6 Å². The van der Waals surface area contributed by atoms with Crippen LogP contribution >= 0.6 is 0 Å². The van der Waals surface area contributed by atoms with Crippen LogP contribution in [0.25, 0.3) is 5.65 Å². The Hall–Kier alpha value is -4.29. The first kappa shape index (κ1) is 28.2. The molecule has 0 radical (unpaired) electrons. The average Bonchev–Trinajstić information content (AvgIpc) is 3.49. The van der Waals surface area contributed by atoms with Crippen molar-refractivity contribution in [1.29, 1.82) is 0 Å². The van der Waals surface area contributed by atoms with Crippen LogP contribution in [0, 0.1) is 11.7 Å². The summed E-state index contributed by atoms with van der Waals surface area (Å²) in [5, 5.41) is 7.02. The van der Waals surface area contributed by atoms with Crippen LogP contribution in [0.1, 0.15) is 62.3 Å². The highest BCUT2D eigenvalue weighted by molar-refractivity contribution is 5.98. The number of piperidine rings is 1. The molecule has 5 rings (SSSR count). The molecule has 3 amide bonds. The van der Waals surface area contributed by atoms with E-state index >= 15 is 0 Å². The van der Waals surface area contributed by atoms with E-state index in [9.17, 15) is 23.6 Å². The fraction of sp³-hybridized carbons (Fsp3) is 0.500. The highest BCUT2D eigenvalue weighted by atomic mass is 19.1. The summed E-state index contributed by atoms with van der Waals surface area (Å²) >= 11 is 0. The van der Waals surface area contributed by atoms with Crippen LogP contribution < -0.4 is 10.9 Å². The number of rotatable bonds is 6. The van der Waals surface area contributed by atoms with Crippen LogP contribution in [-0.4, -0.2) is 72.1 Å². The molecule has 41 heavy (non-hydrogen) atoms. The van der Waals surface area contributed by atoms with E-state index in [1.54, 1.807) is 15.9 Å². The molecule has 0 atom stereocenters. The largest absolute Gasteiger partial charge is 0.444 e. The molecule has 13 heteroatoms. The summed E-state index contributed by atoms with van der Waals surface area (Å²) < 4.78 is 21.5. The van der Waals surface area contributed by atoms with E-state index in [2.05, 4.69) is 15.4 Å². The molecule has 3 aromatic rings. The van der Waals surface area contributed by atoms with Crippen LogP contribution in [0.5, 0.6) is 0 Å². The standard InChI is InChI=1S/C28H34FN7O5/c1-5-19-12-23-35(16-22(37)31-21-7-6-18(29)13-30-21)24-20(25(38)36(23)32-19)15-34(26(24)39)14-17-8-10-33(11-9-17)27(40)41-28(2,3)4/h6-7,12-13,17H,5,8-11,14-16H2,1-4H3,(H,30,31,37). The number of aryl methyl sites for hydroxylation is 1. The molecule has 218 valence electrons. The Morgan fingerprint density at radius 3 is 2.54 bits per heavy atom. The van der Waals surface area contributed by atoms with Gasteiger partial charge in [0, 0.05) is 25.7 Å². The number of pyridine rings is 1. The number of hydrogen-bond acceptors (Lipinski definition) is 7. The summed E-state index contributed by atoms with van der Waals surface area (Å²) in [6.45, 7) is 8.68. The van der Waals surface area contributed by atoms with Crippen molar-refractivity contribution < 1.29 is 23.5 Å². The van der Waals surface area contributed by atoms with Crippen LogP contribution in [0.3, 0.4) is 0 Å². The van der Waals surface area contributed by atoms with Crippen molar-refractivity contribution in [2.75, 3.05) is 25.0 Å². The number of anilines is 1. The summed E-state index contributed by atoms with van der Waals surface area (Å²) in [7, 11) is 0. The lowest BCUT2D eigenvalue weighted by atomic mass is 9.96. The normalized spacial score (nSPS) is 15.9. The lowest BCUT2D eigenvalue weighted by Gasteiger charge is -2.34. The number of likely N-dealkylation sites (tertiary alicyclic amines) is 1. The van der Waals surface area contributed by atoms with E-state index in [-0.39, 0.29) is 53.6 Å². The number of fused-ring (bicyclic) bond motifs is 2. The van der Waals surface area contributed by atoms with Gasteiger partial charge in [0.05, 0.1) is 24.0 Å². The summed E-state index contributed by atoms with van der Waals surface area (Å²) in [5.41, 5.74) is 0.486. The molecule has 0 spiro atoms. The average molecular weight is 568 g/mol. The van der Waals surface area contributed by atoms with E-state index in [1.807, 2.05) is 27.7 Å². The number of aromatic nitrogens is 4.